The third-order valence-corrected chi connectivity index (χ3v) is 4.96. The van der Waals surface area contributed by atoms with E-state index in [2.05, 4.69) is 4.72 Å². The van der Waals surface area contributed by atoms with Crippen LogP contribution in [-0.2, 0) is 16.6 Å². The molecular formula is C16H19NO3S. The van der Waals surface area contributed by atoms with Gasteiger partial charge >= 0.3 is 0 Å². The SMILES string of the molecule is Cc1ccc(NS(=O)(=O)c2cc(CO)cc(C)c2C)cc1. The van der Waals surface area contributed by atoms with E-state index in [1.165, 1.54) is 6.07 Å². The highest BCUT2D eigenvalue weighted by molar-refractivity contribution is 7.92. The zero-order chi connectivity index (χ0) is 15.6. The molecule has 0 aliphatic heterocycles. The molecule has 0 bridgehead atoms. The standard InChI is InChI=1S/C16H19NO3S/c1-11-4-6-15(7-5-11)17-21(19,20)16-9-14(10-18)8-12(2)13(16)3/h4-9,17-18H,10H2,1-3H3. The van der Waals surface area contributed by atoms with Crippen LogP contribution in [0, 0.1) is 20.8 Å². The van der Waals surface area contributed by atoms with Crippen LogP contribution in [0.5, 0.6) is 0 Å². The smallest absolute Gasteiger partial charge is 0.262 e. The third kappa shape index (κ3) is 3.43. The van der Waals surface area contributed by atoms with Gasteiger partial charge in [0.05, 0.1) is 11.5 Å². The molecule has 21 heavy (non-hydrogen) atoms. The number of rotatable bonds is 4. The molecule has 0 radical (unpaired) electrons. The second kappa shape index (κ2) is 5.87. The molecule has 0 amide bonds. The normalized spacial score (nSPS) is 11.4. The van der Waals surface area contributed by atoms with Crippen molar-refractivity contribution in [2.75, 3.05) is 4.72 Å². The van der Waals surface area contributed by atoms with Crippen LogP contribution in [0.15, 0.2) is 41.3 Å². The summed E-state index contributed by atoms with van der Waals surface area (Å²) in [5.74, 6) is 0. The first kappa shape index (κ1) is 15.5. The quantitative estimate of drug-likeness (QED) is 0.912. The molecule has 112 valence electrons. The van der Waals surface area contributed by atoms with Crippen molar-refractivity contribution < 1.29 is 13.5 Å². The summed E-state index contributed by atoms with van der Waals surface area (Å²) in [6.07, 6.45) is 0. The van der Waals surface area contributed by atoms with Crippen LogP contribution in [0.2, 0.25) is 0 Å². The molecule has 2 N–H and O–H groups in total. The lowest BCUT2D eigenvalue weighted by Crippen LogP contribution is -2.15. The maximum atomic E-state index is 12.5. The molecule has 0 saturated heterocycles. The third-order valence-electron chi connectivity index (χ3n) is 3.46. The minimum atomic E-state index is -3.67. The highest BCUT2D eigenvalue weighted by Gasteiger charge is 2.19. The zero-order valence-corrected chi connectivity index (χ0v) is 13.2. The number of hydrogen-bond donors (Lipinski definition) is 2. The number of sulfonamides is 1. The van der Waals surface area contributed by atoms with Crippen LogP contribution in [0.3, 0.4) is 0 Å². The Morgan fingerprint density at radius 2 is 1.67 bits per heavy atom. The van der Waals surface area contributed by atoms with Crippen molar-refractivity contribution >= 4 is 15.7 Å². The number of nitrogens with one attached hydrogen (secondary N) is 1. The van der Waals surface area contributed by atoms with Crippen LogP contribution >= 0.6 is 0 Å². The molecule has 2 aromatic rings. The van der Waals surface area contributed by atoms with Crippen molar-refractivity contribution in [2.24, 2.45) is 0 Å². The Balaban J connectivity index is 2.44. The molecule has 0 atom stereocenters. The molecule has 4 nitrogen and oxygen atoms in total. The van der Waals surface area contributed by atoms with E-state index in [-0.39, 0.29) is 11.5 Å². The Kier molecular flexibility index (Phi) is 4.34. The second-order valence-corrected chi connectivity index (χ2v) is 6.82. The zero-order valence-electron chi connectivity index (χ0n) is 12.3. The summed E-state index contributed by atoms with van der Waals surface area (Å²) in [5.41, 5.74) is 3.69. The average Bonchev–Trinajstić information content (AvgIpc) is 2.43. The Hall–Kier alpha value is -1.85. The molecular weight excluding hydrogens is 286 g/mol. The van der Waals surface area contributed by atoms with Gasteiger partial charge in [-0.2, -0.15) is 0 Å². The minimum Gasteiger partial charge on any atom is -0.392 e. The molecule has 2 rings (SSSR count). The predicted octanol–water partition coefficient (Wildman–Crippen LogP) is 2.90. The summed E-state index contributed by atoms with van der Waals surface area (Å²) in [4.78, 5) is 0.201. The van der Waals surface area contributed by atoms with Crippen molar-refractivity contribution in [2.45, 2.75) is 32.3 Å². The summed E-state index contributed by atoms with van der Waals surface area (Å²) in [5, 5.41) is 9.25. The number of aliphatic hydroxyl groups excluding tert-OH is 1. The van der Waals surface area contributed by atoms with E-state index in [1.54, 1.807) is 25.1 Å². The number of aliphatic hydroxyl groups is 1. The van der Waals surface area contributed by atoms with Crippen LogP contribution in [0.4, 0.5) is 5.69 Å². The number of anilines is 1. The van der Waals surface area contributed by atoms with Crippen LogP contribution in [-0.4, -0.2) is 13.5 Å². The van der Waals surface area contributed by atoms with Crippen LogP contribution < -0.4 is 4.72 Å². The fourth-order valence-corrected chi connectivity index (χ4v) is 3.53. The van der Waals surface area contributed by atoms with Gasteiger partial charge in [-0.25, -0.2) is 8.42 Å². The lowest BCUT2D eigenvalue weighted by molar-refractivity contribution is 0.281. The Morgan fingerprint density at radius 1 is 1.05 bits per heavy atom. The van der Waals surface area contributed by atoms with Gasteiger partial charge in [0, 0.05) is 5.69 Å². The van der Waals surface area contributed by atoms with Crippen LogP contribution in [0.25, 0.3) is 0 Å². The molecule has 5 heteroatoms. The van der Waals surface area contributed by atoms with E-state index in [0.29, 0.717) is 16.8 Å². The van der Waals surface area contributed by atoms with Gasteiger partial charge in [-0.05, 0) is 55.7 Å². The summed E-state index contributed by atoms with van der Waals surface area (Å²) in [7, 11) is -3.67. The van der Waals surface area contributed by atoms with Crippen molar-refractivity contribution in [3.8, 4) is 0 Å². The number of hydrogen-bond acceptors (Lipinski definition) is 3. The van der Waals surface area contributed by atoms with E-state index in [9.17, 15) is 13.5 Å². The fourth-order valence-electron chi connectivity index (χ4n) is 2.10. The predicted molar refractivity (Wildman–Crippen MR) is 83.8 cm³/mol. The van der Waals surface area contributed by atoms with Gasteiger partial charge in [0.25, 0.3) is 10.0 Å². The molecule has 0 aliphatic carbocycles. The highest BCUT2D eigenvalue weighted by Crippen LogP contribution is 2.24. The lowest BCUT2D eigenvalue weighted by Gasteiger charge is -2.13. The van der Waals surface area contributed by atoms with E-state index in [1.807, 2.05) is 26.0 Å². The lowest BCUT2D eigenvalue weighted by atomic mass is 10.1. The number of benzene rings is 2. The van der Waals surface area contributed by atoms with Crippen LogP contribution in [0.1, 0.15) is 22.3 Å². The maximum absolute atomic E-state index is 12.5. The first-order valence-electron chi connectivity index (χ1n) is 6.64. The van der Waals surface area contributed by atoms with Crippen molar-refractivity contribution in [1.82, 2.24) is 0 Å². The average molecular weight is 305 g/mol. The molecule has 0 spiro atoms. The molecule has 2 aromatic carbocycles. The highest BCUT2D eigenvalue weighted by atomic mass is 32.2. The summed E-state index contributed by atoms with van der Waals surface area (Å²) < 4.78 is 27.6. The van der Waals surface area contributed by atoms with Crippen molar-refractivity contribution in [1.29, 1.82) is 0 Å². The summed E-state index contributed by atoms with van der Waals surface area (Å²) in [6, 6.07) is 10.5. The van der Waals surface area contributed by atoms with E-state index >= 15 is 0 Å². The first-order chi connectivity index (χ1) is 9.83. The topological polar surface area (TPSA) is 66.4 Å². The largest absolute Gasteiger partial charge is 0.392 e. The van der Waals surface area contributed by atoms with Crippen molar-refractivity contribution in [3.63, 3.8) is 0 Å². The van der Waals surface area contributed by atoms with E-state index in [4.69, 9.17) is 0 Å². The summed E-state index contributed by atoms with van der Waals surface area (Å²) >= 11 is 0. The van der Waals surface area contributed by atoms with Crippen molar-refractivity contribution in [3.05, 3.63) is 58.7 Å². The van der Waals surface area contributed by atoms with Gasteiger partial charge < -0.3 is 5.11 Å². The van der Waals surface area contributed by atoms with Gasteiger partial charge in [0.1, 0.15) is 0 Å². The summed E-state index contributed by atoms with van der Waals surface area (Å²) in [6.45, 7) is 5.35. The fraction of sp³-hybridized carbons (Fsp3) is 0.250. The van der Waals surface area contributed by atoms with Gasteiger partial charge in [-0.1, -0.05) is 23.8 Å². The van der Waals surface area contributed by atoms with E-state index < -0.39 is 10.0 Å². The van der Waals surface area contributed by atoms with Gasteiger partial charge in [0.2, 0.25) is 0 Å². The molecule has 0 aromatic heterocycles. The Bertz CT molecular complexity index is 750. The van der Waals surface area contributed by atoms with Gasteiger partial charge in [-0.3, -0.25) is 4.72 Å². The second-order valence-electron chi connectivity index (χ2n) is 5.17. The van der Waals surface area contributed by atoms with E-state index in [0.717, 1.165) is 11.1 Å². The first-order valence-corrected chi connectivity index (χ1v) is 8.12. The monoisotopic (exact) mass is 305 g/mol. The molecule has 0 heterocycles. The Labute approximate surface area is 125 Å². The molecule has 0 aliphatic rings. The van der Waals surface area contributed by atoms with Gasteiger partial charge in [0.15, 0.2) is 0 Å². The number of aryl methyl sites for hydroxylation is 2. The molecule has 0 saturated carbocycles. The molecule has 0 fully saturated rings. The van der Waals surface area contributed by atoms with Gasteiger partial charge in [-0.15, -0.1) is 0 Å². The molecule has 0 unspecified atom stereocenters. The Morgan fingerprint density at radius 3 is 2.24 bits per heavy atom. The maximum Gasteiger partial charge on any atom is 0.262 e. The minimum absolute atomic E-state index is 0.186.